The quantitative estimate of drug-likeness (QED) is 0.123. The van der Waals surface area contributed by atoms with Crippen molar-refractivity contribution in [3.63, 3.8) is 0 Å². The number of imide groups is 2. The average molecular weight is 760 g/mol. The molecule has 3 aliphatic rings. The zero-order valence-electron chi connectivity index (χ0n) is 30.7. The van der Waals surface area contributed by atoms with E-state index in [0.717, 1.165) is 64.0 Å². The molecule has 0 aromatic heterocycles. The molecule has 2 atom stereocenters. The van der Waals surface area contributed by atoms with E-state index in [0.29, 0.717) is 22.7 Å². The first-order valence-corrected chi connectivity index (χ1v) is 19.2. The maximum Gasteiger partial charge on any atom is 0.335 e. The van der Waals surface area contributed by atoms with E-state index in [1.807, 2.05) is 91.0 Å². The Hall–Kier alpha value is -6.38. The summed E-state index contributed by atoms with van der Waals surface area (Å²) < 4.78 is 11.9. The van der Waals surface area contributed by atoms with E-state index < -0.39 is 17.8 Å². The summed E-state index contributed by atoms with van der Waals surface area (Å²) in [5.74, 6) is -0.736. The average Bonchev–Trinajstić information content (AvgIpc) is 3.22. The van der Waals surface area contributed by atoms with Crippen LogP contribution in [0.2, 0.25) is 5.02 Å². The van der Waals surface area contributed by atoms with E-state index >= 15 is 0 Å². The van der Waals surface area contributed by atoms with Gasteiger partial charge in [-0.1, -0.05) is 115 Å². The highest BCUT2D eigenvalue weighted by molar-refractivity contribution is 6.39. The fourth-order valence-electron chi connectivity index (χ4n) is 8.56. The van der Waals surface area contributed by atoms with Crippen molar-refractivity contribution in [1.29, 1.82) is 0 Å². The molecule has 278 valence electrons. The molecule has 1 fully saturated rings. The number of hydrogen-bond donors (Lipinski definition) is 1. The summed E-state index contributed by atoms with van der Waals surface area (Å²) in [6, 6.07) is 41.2. The number of methoxy groups -OCH3 is 1. The molecule has 6 aromatic rings. The Morgan fingerprint density at radius 1 is 0.768 bits per heavy atom. The molecule has 0 unspecified atom stereocenters. The van der Waals surface area contributed by atoms with Crippen LogP contribution in [0.5, 0.6) is 11.5 Å². The number of nitrogens with one attached hydrogen (secondary N) is 1. The maximum atomic E-state index is 14.4. The van der Waals surface area contributed by atoms with E-state index in [1.54, 1.807) is 12.1 Å². The van der Waals surface area contributed by atoms with Gasteiger partial charge in [0.25, 0.3) is 11.8 Å². The Bertz CT molecular complexity index is 2480. The second-order valence-electron chi connectivity index (χ2n) is 14.4. The van der Waals surface area contributed by atoms with Gasteiger partial charge in [-0.05, 0) is 87.3 Å². The van der Waals surface area contributed by atoms with Crippen molar-refractivity contribution in [2.24, 2.45) is 0 Å². The van der Waals surface area contributed by atoms with Crippen LogP contribution in [0.4, 0.5) is 16.2 Å². The number of ether oxygens (including phenoxy) is 2. The molecule has 1 N–H and O–H groups in total. The molecule has 3 aliphatic heterocycles. The molecule has 0 radical (unpaired) electrons. The molecule has 8 nitrogen and oxygen atoms in total. The number of halogens is 1. The van der Waals surface area contributed by atoms with Gasteiger partial charge in [0, 0.05) is 30.6 Å². The lowest BCUT2D eigenvalue weighted by Crippen LogP contribution is -2.54. The standard InChI is InChI=1S/C47H38ClN3O5/c1-55-42-25-29(24-41(48)44(42)56-28-33-17-10-16-30-15-8-9-18-35(30)33)23-40-45(52)49-47(54)51(46(40)53)34-26-38-36(31-11-4-2-5-12-31)19-21-50-22-20-37(39(27-34)43(38)50)32-13-6-3-7-14-32/h2-18,23-27,36-37H,19-22,28H2,1H3,(H,49,52,54)/b40-23+/t36-,37+. The molecule has 1 saturated heterocycles. The molecule has 56 heavy (non-hydrogen) atoms. The highest BCUT2D eigenvalue weighted by atomic mass is 35.5. The number of amides is 4. The fraction of sp³-hybridized carbons (Fsp3) is 0.170. The number of anilines is 2. The largest absolute Gasteiger partial charge is 0.493 e. The molecule has 9 heteroatoms. The number of hydrogen-bond acceptors (Lipinski definition) is 6. The number of rotatable bonds is 8. The third-order valence-corrected chi connectivity index (χ3v) is 11.5. The van der Waals surface area contributed by atoms with Gasteiger partial charge in [0.15, 0.2) is 11.5 Å². The number of urea groups is 1. The summed E-state index contributed by atoms with van der Waals surface area (Å²) in [6.07, 6.45) is 3.22. The minimum absolute atomic E-state index is 0.0613. The molecule has 0 aliphatic carbocycles. The van der Waals surface area contributed by atoms with Crippen LogP contribution in [0.3, 0.4) is 0 Å². The lowest BCUT2D eigenvalue weighted by molar-refractivity contribution is -0.122. The predicted octanol–water partition coefficient (Wildman–Crippen LogP) is 9.62. The first kappa shape index (κ1) is 35.3. The minimum atomic E-state index is -0.798. The van der Waals surface area contributed by atoms with Crippen LogP contribution in [0.25, 0.3) is 16.8 Å². The zero-order valence-corrected chi connectivity index (χ0v) is 31.5. The van der Waals surface area contributed by atoms with E-state index in [9.17, 15) is 14.4 Å². The number of benzene rings is 6. The van der Waals surface area contributed by atoms with E-state index in [-0.39, 0.29) is 29.0 Å². The first-order valence-electron chi connectivity index (χ1n) is 18.8. The molecule has 0 saturated carbocycles. The highest BCUT2D eigenvalue weighted by Crippen LogP contribution is 2.50. The molecular formula is C47H38ClN3O5. The number of carbonyl (C=O) groups is 3. The Morgan fingerprint density at radius 3 is 2.05 bits per heavy atom. The van der Waals surface area contributed by atoms with Crippen LogP contribution in [-0.4, -0.2) is 38.0 Å². The Kier molecular flexibility index (Phi) is 9.27. The maximum absolute atomic E-state index is 14.4. The molecule has 6 aromatic carbocycles. The Labute approximate surface area is 329 Å². The summed E-state index contributed by atoms with van der Waals surface area (Å²) in [5, 5.41) is 4.83. The van der Waals surface area contributed by atoms with Gasteiger partial charge < -0.3 is 14.4 Å². The van der Waals surface area contributed by atoms with E-state index in [1.165, 1.54) is 24.3 Å². The lowest BCUT2D eigenvalue weighted by Gasteiger charge is -2.44. The van der Waals surface area contributed by atoms with E-state index in [2.05, 4.69) is 34.5 Å². The second-order valence-corrected chi connectivity index (χ2v) is 14.8. The van der Waals surface area contributed by atoms with Crippen molar-refractivity contribution in [3.8, 4) is 11.5 Å². The van der Waals surface area contributed by atoms with Crippen molar-refractivity contribution >= 4 is 57.7 Å². The van der Waals surface area contributed by atoms with Crippen molar-refractivity contribution < 1.29 is 23.9 Å². The third-order valence-electron chi connectivity index (χ3n) is 11.2. The normalized spacial score (nSPS) is 18.5. The molecule has 3 heterocycles. The van der Waals surface area contributed by atoms with Gasteiger partial charge in [0.2, 0.25) is 0 Å². The van der Waals surface area contributed by atoms with Crippen molar-refractivity contribution in [3.05, 3.63) is 171 Å². The van der Waals surface area contributed by atoms with E-state index in [4.69, 9.17) is 21.1 Å². The van der Waals surface area contributed by atoms with Gasteiger partial charge in [-0.15, -0.1) is 0 Å². The van der Waals surface area contributed by atoms with Crippen LogP contribution in [0.15, 0.2) is 133 Å². The summed E-state index contributed by atoms with van der Waals surface area (Å²) in [5.41, 5.74) is 7.26. The van der Waals surface area contributed by atoms with Crippen LogP contribution < -0.4 is 24.6 Å². The van der Waals surface area contributed by atoms with Gasteiger partial charge in [0.05, 0.1) is 17.8 Å². The first-order chi connectivity index (χ1) is 27.4. The molecule has 4 amide bonds. The molecule has 9 rings (SSSR count). The van der Waals surface area contributed by atoms with Crippen molar-refractivity contribution in [2.75, 3.05) is 30.0 Å². The van der Waals surface area contributed by atoms with Crippen LogP contribution in [0, 0.1) is 0 Å². The minimum Gasteiger partial charge on any atom is -0.493 e. The number of carbonyl (C=O) groups excluding carboxylic acids is 3. The molecule has 0 bridgehead atoms. The summed E-state index contributed by atoms with van der Waals surface area (Å²) in [4.78, 5) is 45.1. The number of barbiturate groups is 1. The monoisotopic (exact) mass is 759 g/mol. The summed E-state index contributed by atoms with van der Waals surface area (Å²) >= 11 is 6.79. The molecule has 0 spiro atoms. The summed E-state index contributed by atoms with van der Waals surface area (Å²) in [6.45, 7) is 2.06. The highest BCUT2D eigenvalue weighted by Gasteiger charge is 2.40. The predicted molar refractivity (Wildman–Crippen MR) is 220 cm³/mol. The third kappa shape index (κ3) is 6.35. The SMILES string of the molecule is COc1cc(/C=C2\C(=O)NC(=O)N(c3cc4c5c(c3)[C@H](c3ccccc3)CCN5CC[C@@H]4c3ccccc3)C2=O)cc(Cl)c1OCc1cccc2ccccc12. The van der Waals surface area contributed by atoms with Gasteiger partial charge >= 0.3 is 6.03 Å². The Morgan fingerprint density at radius 2 is 1.39 bits per heavy atom. The topological polar surface area (TPSA) is 88.2 Å². The summed E-state index contributed by atoms with van der Waals surface area (Å²) in [7, 11) is 1.50. The van der Waals surface area contributed by atoms with Gasteiger partial charge in [-0.25, -0.2) is 9.69 Å². The zero-order chi connectivity index (χ0) is 38.3. The van der Waals surface area contributed by atoms with Crippen LogP contribution in [-0.2, 0) is 16.2 Å². The fourth-order valence-corrected chi connectivity index (χ4v) is 8.83. The van der Waals surface area contributed by atoms with Crippen LogP contribution >= 0.6 is 11.6 Å². The van der Waals surface area contributed by atoms with Gasteiger partial charge in [-0.2, -0.15) is 0 Å². The lowest BCUT2D eigenvalue weighted by atomic mass is 9.76. The number of nitrogens with zero attached hydrogens (tertiary/aromatic N) is 2. The molecular weight excluding hydrogens is 722 g/mol. The van der Waals surface area contributed by atoms with Gasteiger partial charge in [0.1, 0.15) is 12.2 Å². The van der Waals surface area contributed by atoms with Crippen molar-refractivity contribution in [2.45, 2.75) is 31.3 Å². The van der Waals surface area contributed by atoms with Crippen molar-refractivity contribution in [1.82, 2.24) is 5.32 Å². The van der Waals surface area contributed by atoms with Crippen LogP contribution in [0.1, 0.15) is 58.1 Å². The van der Waals surface area contributed by atoms with Gasteiger partial charge in [-0.3, -0.25) is 14.9 Å². The number of fused-ring (bicyclic) bond motifs is 1. The smallest absolute Gasteiger partial charge is 0.335 e. The second kappa shape index (κ2) is 14.7. The Balaban J connectivity index is 1.09.